The minimum atomic E-state index is 0.197. The van der Waals surface area contributed by atoms with Gasteiger partial charge in [-0.2, -0.15) is 0 Å². The van der Waals surface area contributed by atoms with Crippen molar-refractivity contribution < 1.29 is 5.11 Å². The summed E-state index contributed by atoms with van der Waals surface area (Å²) in [6, 6.07) is 0.855. The Morgan fingerprint density at radius 2 is 1.92 bits per heavy atom. The highest BCUT2D eigenvalue weighted by Gasteiger charge is 2.26. The molecule has 70 valence electrons. The lowest BCUT2D eigenvalue weighted by atomic mass is 10.1. The number of piperazine rings is 1. The Labute approximate surface area is 74.3 Å². The highest BCUT2D eigenvalue weighted by Crippen LogP contribution is 2.15. The summed E-state index contributed by atoms with van der Waals surface area (Å²) in [5.41, 5.74) is 0. The summed E-state index contributed by atoms with van der Waals surface area (Å²) in [6.07, 6.45) is 0. The van der Waals surface area contributed by atoms with Crippen LogP contribution in [0.3, 0.4) is 0 Å². The second-order valence-electron chi connectivity index (χ2n) is 3.71. The van der Waals surface area contributed by atoms with Crippen LogP contribution in [0.25, 0.3) is 0 Å². The molecule has 0 aliphatic carbocycles. The van der Waals surface area contributed by atoms with Gasteiger partial charge < -0.3 is 10.0 Å². The van der Waals surface area contributed by atoms with E-state index in [9.17, 15) is 5.11 Å². The quantitative estimate of drug-likeness (QED) is 0.596. The normalized spacial score (nSPS) is 32.1. The van der Waals surface area contributed by atoms with Crippen LogP contribution >= 0.6 is 0 Å². The summed E-state index contributed by atoms with van der Waals surface area (Å²) in [7, 11) is 2.11. The summed E-state index contributed by atoms with van der Waals surface area (Å²) in [4.78, 5) is 4.24. The fourth-order valence-electron chi connectivity index (χ4n) is 1.66. The first-order valence-electron chi connectivity index (χ1n) is 4.37. The minimum absolute atomic E-state index is 0.197. The lowest BCUT2D eigenvalue weighted by molar-refractivity contribution is 0.0498. The van der Waals surface area contributed by atoms with Crippen molar-refractivity contribution >= 4 is 0 Å². The lowest BCUT2D eigenvalue weighted by Gasteiger charge is -2.42. The van der Waals surface area contributed by atoms with E-state index in [1.165, 1.54) is 0 Å². The Morgan fingerprint density at radius 3 is 2.42 bits per heavy atom. The molecule has 12 heavy (non-hydrogen) atoms. The zero-order valence-corrected chi connectivity index (χ0v) is 8.12. The molecular weight excluding hydrogens is 152 g/mol. The summed E-state index contributed by atoms with van der Waals surface area (Å²) < 4.78 is 0. The molecule has 0 spiro atoms. The average Bonchev–Trinajstić information content (AvgIpc) is 1.96. The van der Waals surface area contributed by atoms with E-state index in [0.29, 0.717) is 12.1 Å². The molecule has 1 rings (SSSR count). The zero-order valence-electron chi connectivity index (χ0n) is 8.12. The molecule has 1 heterocycles. The van der Waals surface area contributed by atoms with Crippen molar-refractivity contribution in [2.75, 3.05) is 20.1 Å². The van der Waals surface area contributed by atoms with Crippen LogP contribution in [-0.4, -0.2) is 47.1 Å². The van der Waals surface area contributed by atoms with Gasteiger partial charge in [0.25, 0.3) is 0 Å². The third-order valence-electron chi connectivity index (χ3n) is 2.63. The van der Waals surface area contributed by atoms with E-state index in [2.05, 4.69) is 32.4 Å². The van der Waals surface area contributed by atoms with E-state index >= 15 is 0 Å². The molecule has 1 aliphatic heterocycles. The smallest absolute Gasteiger partial charge is 0.179 e. The van der Waals surface area contributed by atoms with Gasteiger partial charge in [0.05, 0.1) is 0 Å². The van der Waals surface area contributed by atoms with Crippen molar-refractivity contribution in [3.8, 4) is 0 Å². The van der Waals surface area contributed by atoms with Crippen LogP contribution in [0.2, 0.25) is 0 Å². The van der Waals surface area contributed by atoms with Crippen LogP contribution in [0.1, 0.15) is 13.8 Å². The SMILES string of the molecule is C=C(O)N1CC(C)N(C)CC1C. The molecule has 1 N–H and O–H groups in total. The summed E-state index contributed by atoms with van der Waals surface area (Å²) in [5, 5.41) is 9.26. The lowest BCUT2D eigenvalue weighted by Crippen LogP contribution is -2.54. The first-order chi connectivity index (χ1) is 5.52. The molecule has 0 saturated carbocycles. The molecule has 0 aromatic heterocycles. The predicted octanol–water partition coefficient (Wildman–Crippen LogP) is 1.04. The van der Waals surface area contributed by atoms with Crippen molar-refractivity contribution in [3.05, 3.63) is 12.5 Å². The Morgan fingerprint density at radius 1 is 1.33 bits per heavy atom. The molecule has 1 aliphatic rings. The number of aliphatic hydroxyl groups excluding tert-OH is 1. The average molecular weight is 170 g/mol. The number of hydrogen-bond donors (Lipinski definition) is 1. The maximum absolute atomic E-state index is 9.26. The van der Waals surface area contributed by atoms with Gasteiger partial charge in [0, 0.05) is 25.2 Å². The van der Waals surface area contributed by atoms with Crippen LogP contribution in [0.15, 0.2) is 12.5 Å². The fourth-order valence-corrected chi connectivity index (χ4v) is 1.66. The molecule has 2 atom stereocenters. The first-order valence-corrected chi connectivity index (χ1v) is 4.37. The summed E-state index contributed by atoms with van der Waals surface area (Å²) in [6.45, 7) is 9.66. The van der Waals surface area contributed by atoms with Crippen molar-refractivity contribution in [2.45, 2.75) is 25.9 Å². The molecule has 2 unspecified atom stereocenters. The number of hydrogen-bond acceptors (Lipinski definition) is 3. The molecule has 0 radical (unpaired) electrons. The second-order valence-corrected chi connectivity index (χ2v) is 3.71. The molecule has 1 fully saturated rings. The van der Waals surface area contributed by atoms with Crippen molar-refractivity contribution in [1.29, 1.82) is 0 Å². The van der Waals surface area contributed by atoms with Crippen molar-refractivity contribution in [3.63, 3.8) is 0 Å². The van der Waals surface area contributed by atoms with Gasteiger partial charge >= 0.3 is 0 Å². The Balaban J connectivity index is 2.61. The monoisotopic (exact) mass is 170 g/mol. The molecule has 0 aromatic carbocycles. The van der Waals surface area contributed by atoms with Gasteiger partial charge in [0.1, 0.15) is 0 Å². The predicted molar refractivity (Wildman–Crippen MR) is 50.0 cm³/mol. The van der Waals surface area contributed by atoms with E-state index < -0.39 is 0 Å². The third-order valence-corrected chi connectivity index (χ3v) is 2.63. The maximum Gasteiger partial charge on any atom is 0.179 e. The third kappa shape index (κ3) is 1.72. The van der Waals surface area contributed by atoms with Crippen LogP contribution in [-0.2, 0) is 0 Å². The summed E-state index contributed by atoms with van der Waals surface area (Å²) >= 11 is 0. The molecule has 0 aromatic rings. The van der Waals surface area contributed by atoms with Gasteiger partial charge in [0.2, 0.25) is 0 Å². The number of aliphatic hydroxyl groups is 1. The molecule has 1 saturated heterocycles. The first kappa shape index (κ1) is 9.39. The standard InChI is InChI=1S/C9H18N2O/c1-7-6-11(9(3)12)8(2)5-10(7)4/h7-8,12H,3,5-6H2,1-2,4H3. The van der Waals surface area contributed by atoms with Crippen LogP contribution in [0.5, 0.6) is 0 Å². The largest absolute Gasteiger partial charge is 0.495 e. The van der Waals surface area contributed by atoms with Gasteiger partial charge in [-0.1, -0.05) is 0 Å². The zero-order chi connectivity index (χ0) is 9.30. The van der Waals surface area contributed by atoms with Gasteiger partial charge in [-0.25, -0.2) is 0 Å². The molecule has 0 bridgehead atoms. The highest BCUT2D eigenvalue weighted by atomic mass is 16.3. The van der Waals surface area contributed by atoms with E-state index in [0.717, 1.165) is 13.1 Å². The van der Waals surface area contributed by atoms with Gasteiger partial charge in [0.15, 0.2) is 5.88 Å². The van der Waals surface area contributed by atoms with E-state index in [1.807, 2.05) is 4.90 Å². The van der Waals surface area contributed by atoms with Crippen molar-refractivity contribution in [2.24, 2.45) is 0 Å². The van der Waals surface area contributed by atoms with E-state index in [4.69, 9.17) is 0 Å². The fraction of sp³-hybridized carbons (Fsp3) is 0.778. The second kappa shape index (κ2) is 3.35. The molecule has 3 heteroatoms. The van der Waals surface area contributed by atoms with Crippen LogP contribution < -0.4 is 0 Å². The van der Waals surface area contributed by atoms with Gasteiger partial charge in [-0.15, -0.1) is 0 Å². The topological polar surface area (TPSA) is 26.7 Å². The minimum Gasteiger partial charge on any atom is -0.495 e. The Hall–Kier alpha value is -0.700. The Kier molecular flexibility index (Phi) is 2.62. The number of nitrogens with zero attached hydrogens (tertiary/aromatic N) is 2. The maximum atomic E-state index is 9.26. The van der Waals surface area contributed by atoms with E-state index in [-0.39, 0.29) is 5.88 Å². The van der Waals surface area contributed by atoms with Crippen LogP contribution in [0.4, 0.5) is 0 Å². The number of likely N-dealkylation sites (N-methyl/N-ethyl adjacent to an activating group) is 1. The molecule has 3 nitrogen and oxygen atoms in total. The molecular formula is C9H18N2O. The molecule has 0 amide bonds. The van der Waals surface area contributed by atoms with Gasteiger partial charge in [-0.05, 0) is 27.5 Å². The van der Waals surface area contributed by atoms with Crippen LogP contribution in [0, 0.1) is 0 Å². The van der Waals surface area contributed by atoms with Crippen molar-refractivity contribution in [1.82, 2.24) is 9.80 Å². The highest BCUT2D eigenvalue weighted by molar-refractivity contribution is 4.92. The Bertz CT molecular complexity index is 181. The summed E-state index contributed by atoms with van der Waals surface area (Å²) in [5.74, 6) is 0.197. The number of rotatable bonds is 1. The van der Waals surface area contributed by atoms with E-state index in [1.54, 1.807) is 0 Å². The van der Waals surface area contributed by atoms with Gasteiger partial charge in [-0.3, -0.25) is 4.90 Å².